The van der Waals surface area contributed by atoms with Crippen molar-refractivity contribution < 1.29 is 18.8 Å². The molecule has 0 saturated carbocycles. The highest BCUT2D eigenvalue weighted by molar-refractivity contribution is 6.09. The third kappa shape index (κ3) is 4.50. The van der Waals surface area contributed by atoms with Crippen LogP contribution >= 0.6 is 0 Å². The van der Waals surface area contributed by atoms with Crippen molar-refractivity contribution in [3.05, 3.63) is 71.5 Å². The highest BCUT2D eigenvalue weighted by Crippen LogP contribution is 2.29. The molecule has 32 heavy (non-hydrogen) atoms. The zero-order valence-electron chi connectivity index (χ0n) is 18.1. The largest absolute Gasteiger partial charge is 0.339 e. The van der Waals surface area contributed by atoms with Crippen LogP contribution in [0.3, 0.4) is 0 Å². The Morgan fingerprint density at radius 1 is 1.00 bits per heavy atom. The average molecular weight is 439 g/mol. The van der Waals surface area contributed by atoms with Crippen molar-refractivity contribution in [3.8, 4) is 0 Å². The van der Waals surface area contributed by atoms with Crippen molar-refractivity contribution in [1.29, 1.82) is 0 Å². The number of amides is 4. The SMILES string of the molecule is C[C@@]1(c2ccc(F)cc2)NC(=O)N(CC(=O)N2CCN(CCc3ccccc3)CC2)C1=O. The lowest BCUT2D eigenvalue weighted by molar-refractivity contribution is -0.139. The van der Waals surface area contributed by atoms with E-state index in [0.29, 0.717) is 18.7 Å². The van der Waals surface area contributed by atoms with Gasteiger partial charge in [-0.25, -0.2) is 9.18 Å². The second-order valence-electron chi connectivity index (χ2n) is 8.41. The number of carbonyl (C=O) groups is 3. The van der Waals surface area contributed by atoms with Crippen molar-refractivity contribution in [2.24, 2.45) is 0 Å². The fourth-order valence-corrected chi connectivity index (χ4v) is 4.21. The fourth-order valence-electron chi connectivity index (χ4n) is 4.21. The summed E-state index contributed by atoms with van der Waals surface area (Å²) in [5, 5.41) is 2.65. The molecule has 0 spiro atoms. The van der Waals surface area contributed by atoms with Gasteiger partial charge in [-0.2, -0.15) is 0 Å². The predicted octanol–water partition coefficient (Wildman–Crippen LogP) is 1.98. The molecule has 2 aromatic rings. The van der Waals surface area contributed by atoms with E-state index in [2.05, 4.69) is 22.3 Å². The summed E-state index contributed by atoms with van der Waals surface area (Å²) >= 11 is 0. The van der Waals surface area contributed by atoms with E-state index in [1.807, 2.05) is 18.2 Å². The number of nitrogens with one attached hydrogen (secondary N) is 1. The summed E-state index contributed by atoms with van der Waals surface area (Å²) in [5.74, 6) is -1.19. The van der Waals surface area contributed by atoms with Gasteiger partial charge in [-0.15, -0.1) is 0 Å². The van der Waals surface area contributed by atoms with Crippen molar-refractivity contribution in [1.82, 2.24) is 20.0 Å². The van der Waals surface area contributed by atoms with Crippen LogP contribution < -0.4 is 5.32 Å². The van der Waals surface area contributed by atoms with Crippen molar-refractivity contribution in [2.45, 2.75) is 18.9 Å². The van der Waals surface area contributed by atoms with Gasteiger partial charge in [0.2, 0.25) is 5.91 Å². The van der Waals surface area contributed by atoms with Gasteiger partial charge in [0.1, 0.15) is 17.9 Å². The molecule has 2 aliphatic rings. The molecule has 8 heteroatoms. The molecule has 2 aromatic carbocycles. The van der Waals surface area contributed by atoms with E-state index in [1.54, 1.807) is 11.8 Å². The molecule has 0 bridgehead atoms. The number of benzene rings is 2. The van der Waals surface area contributed by atoms with Crippen LogP contribution in [0.4, 0.5) is 9.18 Å². The van der Waals surface area contributed by atoms with E-state index in [4.69, 9.17) is 0 Å². The lowest BCUT2D eigenvalue weighted by Crippen LogP contribution is -2.52. The Bertz CT molecular complexity index is 990. The van der Waals surface area contributed by atoms with Gasteiger partial charge in [-0.1, -0.05) is 42.5 Å². The molecule has 0 unspecified atom stereocenters. The third-order valence-electron chi connectivity index (χ3n) is 6.27. The van der Waals surface area contributed by atoms with Gasteiger partial charge in [0.25, 0.3) is 5.91 Å². The lowest BCUT2D eigenvalue weighted by Gasteiger charge is -2.35. The van der Waals surface area contributed by atoms with Crippen LogP contribution in [0.2, 0.25) is 0 Å². The Labute approximate surface area is 186 Å². The van der Waals surface area contributed by atoms with E-state index in [9.17, 15) is 18.8 Å². The maximum Gasteiger partial charge on any atom is 0.325 e. The molecule has 7 nitrogen and oxygen atoms in total. The molecule has 4 rings (SSSR count). The number of carbonyl (C=O) groups excluding carboxylic acids is 3. The van der Waals surface area contributed by atoms with Crippen LogP contribution in [0.15, 0.2) is 54.6 Å². The van der Waals surface area contributed by atoms with Crippen molar-refractivity contribution >= 4 is 17.8 Å². The third-order valence-corrected chi connectivity index (χ3v) is 6.27. The normalized spacial score (nSPS) is 21.7. The molecule has 1 atom stereocenters. The number of imide groups is 1. The minimum absolute atomic E-state index is 0.250. The summed E-state index contributed by atoms with van der Waals surface area (Å²) in [6.45, 7) is 4.83. The minimum atomic E-state index is -1.32. The predicted molar refractivity (Wildman–Crippen MR) is 117 cm³/mol. The summed E-state index contributed by atoms with van der Waals surface area (Å²) in [6, 6.07) is 15.1. The average Bonchev–Trinajstić information content (AvgIpc) is 3.03. The van der Waals surface area contributed by atoms with Crippen LogP contribution in [0.25, 0.3) is 0 Å². The van der Waals surface area contributed by atoms with Crippen LogP contribution in [-0.2, 0) is 21.5 Å². The van der Waals surface area contributed by atoms with E-state index < -0.39 is 23.3 Å². The molecular weight excluding hydrogens is 411 g/mol. The quantitative estimate of drug-likeness (QED) is 0.700. The molecule has 2 aliphatic heterocycles. The molecule has 168 valence electrons. The zero-order valence-corrected chi connectivity index (χ0v) is 18.1. The van der Waals surface area contributed by atoms with Gasteiger partial charge in [-0.05, 0) is 36.6 Å². The lowest BCUT2D eigenvalue weighted by atomic mass is 9.92. The van der Waals surface area contributed by atoms with Gasteiger partial charge in [-0.3, -0.25) is 19.4 Å². The van der Waals surface area contributed by atoms with Gasteiger partial charge < -0.3 is 10.2 Å². The van der Waals surface area contributed by atoms with Crippen molar-refractivity contribution in [2.75, 3.05) is 39.3 Å². The van der Waals surface area contributed by atoms with Crippen molar-refractivity contribution in [3.63, 3.8) is 0 Å². The number of hydrogen-bond acceptors (Lipinski definition) is 4. The summed E-state index contributed by atoms with van der Waals surface area (Å²) in [5.41, 5.74) is 0.439. The molecule has 2 fully saturated rings. The summed E-state index contributed by atoms with van der Waals surface area (Å²) in [4.78, 5) is 43.2. The Kier molecular flexibility index (Phi) is 6.23. The monoisotopic (exact) mass is 438 g/mol. The van der Waals surface area contributed by atoms with E-state index in [0.717, 1.165) is 31.0 Å². The molecule has 2 heterocycles. The molecule has 4 amide bonds. The first-order chi connectivity index (χ1) is 15.4. The van der Waals surface area contributed by atoms with E-state index >= 15 is 0 Å². The van der Waals surface area contributed by atoms with Crippen LogP contribution in [0.5, 0.6) is 0 Å². The summed E-state index contributed by atoms with van der Waals surface area (Å²) < 4.78 is 13.3. The smallest absolute Gasteiger partial charge is 0.325 e. The highest BCUT2D eigenvalue weighted by atomic mass is 19.1. The Balaban J connectivity index is 1.31. The van der Waals surface area contributed by atoms with E-state index in [-0.39, 0.29) is 12.5 Å². The Hall–Kier alpha value is -3.26. The fraction of sp³-hybridized carbons (Fsp3) is 0.375. The maximum absolute atomic E-state index is 13.3. The second-order valence-corrected chi connectivity index (χ2v) is 8.41. The summed E-state index contributed by atoms with van der Waals surface area (Å²) in [7, 11) is 0. The molecule has 0 aromatic heterocycles. The highest BCUT2D eigenvalue weighted by Gasteiger charge is 2.49. The minimum Gasteiger partial charge on any atom is -0.339 e. The molecule has 2 saturated heterocycles. The first-order valence-electron chi connectivity index (χ1n) is 10.8. The van der Waals surface area contributed by atoms with Crippen LogP contribution in [0.1, 0.15) is 18.1 Å². The molecule has 1 N–H and O–H groups in total. The van der Waals surface area contributed by atoms with Crippen LogP contribution in [-0.4, -0.2) is 71.8 Å². The Morgan fingerprint density at radius 3 is 2.31 bits per heavy atom. The maximum atomic E-state index is 13.3. The van der Waals surface area contributed by atoms with Gasteiger partial charge in [0, 0.05) is 32.7 Å². The zero-order chi connectivity index (χ0) is 22.7. The number of hydrogen-bond donors (Lipinski definition) is 1. The number of nitrogens with zero attached hydrogens (tertiary/aromatic N) is 3. The van der Waals surface area contributed by atoms with E-state index in [1.165, 1.54) is 29.8 Å². The number of halogens is 1. The second kappa shape index (κ2) is 9.08. The first kappa shape index (κ1) is 22.0. The summed E-state index contributed by atoms with van der Waals surface area (Å²) in [6.07, 6.45) is 0.958. The van der Waals surface area contributed by atoms with Gasteiger partial charge >= 0.3 is 6.03 Å². The molecule has 0 aliphatic carbocycles. The van der Waals surface area contributed by atoms with Gasteiger partial charge in [0.15, 0.2) is 0 Å². The number of piperazine rings is 1. The van der Waals surface area contributed by atoms with Gasteiger partial charge in [0.05, 0.1) is 0 Å². The molecule has 0 radical (unpaired) electrons. The number of urea groups is 1. The standard InChI is InChI=1S/C24H27FN4O3/c1-24(19-7-9-20(25)10-8-19)22(31)29(23(32)26-24)17-21(30)28-15-13-27(14-16-28)12-11-18-5-3-2-4-6-18/h2-10H,11-17H2,1H3,(H,26,32)/t24-/m0/s1. The number of rotatable bonds is 6. The molecular formula is C24H27FN4O3. The van der Waals surface area contributed by atoms with Crippen LogP contribution in [0, 0.1) is 5.82 Å². The topological polar surface area (TPSA) is 73.0 Å². The first-order valence-corrected chi connectivity index (χ1v) is 10.8. The Morgan fingerprint density at radius 2 is 1.66 bits per heavy atom.